The number of nitrogens with zero attached hydrogens (tertiary/aromatic N) is 2. The van der Waals surface area contributed by atoms with Gasteiger partial charge in [-0.05, 0) is 48.5 Å². The Morgan fingerprint density at radius 2 is 2.05 bits per heavy atom. The molecule has 0 unspecified atom stereocenters. The molecule has 0 aliphatic heterocycles. The van der Waals surface area contributed by atoms with Gasteiger partial charge in [-0.3, -0.25) is 0 Å². The highest BCUT2D eigenvalue weighted by Gasteiger charge is 2.22. The molecule has 19 heavy (non-hydrogen) atoms. The van der Waals surface area contributed by atoms with Crippen LogP contribution in [0.1, 0.15) is 31.4 Å². The summed E-state index contributed by atoms with van der Waals surface area (Å²) in [6.07, 6.45) is 3.38. The van der Waals surface area contributed by atoms with E-state index in [0.717, 1.165) is 40.7 Å². The zero-order chi connectivity index (χ0) is 14.0. The van der Waals surface area contributed by atoms with Crippen molar-refractivity contribution < 1.29 is 9.87 Å². The molecule has 1 aliphatic rings. The second-order valence-electron chi connectivity index (χ2n) is 5.07. The van der Waals surface area contributed by atoms with E-state index >= 15 is 0 Å². The maximum atomic E-state index is 11.4. The molecule has 5 nitrogen and oxygen atoms in total. The first-order valence-electron chi connectivity index (χ1n) is 6.50. The molecule has 104 valence electrons. The zero-order valence-corrected chi connectivity index (χ0v) is 12.8. The van der Waals surface area contributed by atoms with Crippen LogP contribution in [0.5, 0.6) is 0 Å². The minimum absolute atomic E-state index is 0.160. The highest BCUT2D eigenvalue weighted by molar-refractivity contribution is 9.10. The third kappa shape index (κ3) is 3.51. The summed E-state index contributed by atoms with van der Waals surface area (Å²) in [5, 5.41) is 12.9. The van der Waals surface area contributed by atoms with Gasteiger partial charge in [0, 0.05) is 21.8 Å². The average Bonchev–Trinajstić information content (AvgIpc) is 2.35. The molecular weight excluding hydrogens is 310 g/mol. The first-order chi connectivity index (χ1) is 8.97. The van der Waals surface area contributed by atoms with Crippen molar-refractivity contribution in [1.82, 2.24) is 4.98 Å². The van der Waals surface area contributed by atoms with Gasteiger partial charge >= 0.3 is 0 Å². The molecule has 0 spiro atoms. The Morgan fingerprint density at radius 1 is 1.42 bits per heavy atom. The van der Waals surface area contributed by atoms with Crippen LogP contribution < -0.4 is 5.32 Å². The smallest absolute Gasteiger partial charge is 0.277 e. The maximum Gasteiger partial charge on any atom is 0.277 e. The molecule has 0 radical (unpaired) electrons. The number of halogens is 1. The Bertz CT molecular complexity index is 485. The monoisotopic (exact) mass is 328 g/mol. The summed E-state index contributed by atoms with van der Waals surface area (Å²) in [7, 11) is 1.46. The highest BCUT2D eigenvalue weighted by atomic mass is 79.9. The number of nitroso groups, excluding NO2 is 1. The fraction of sp³-hybridized carbons (Fsp3) is 0.615. The molecule has 0 bridgehead atoms. The number of hydrogen-bond acceptors (Lipinski definition) is 4. The van der Waals surface area contributed by atoms with Crippen molar-refractivity contribution in [2.45, 2.75) is 44.8 Å². The average molecular weight is 329 g/mol. The van der Waals surface area contributed by atoms with E-state index in [4.69, 9.17) is 0 Å². The van der Waals surface area contributed by atoms with Crippen LogP contribution in [-0.2, 0) is 0 Å². The van der Waals surface area contributed by atoms with Gasteiger partial charge in [0.1, 0.15) is 11.5 Å². The lowest BCUT2D eigenvalue weighted by molar-refractivity contribution is -0.429. The number of hydrogen-bond donors (Lipinski definition) is 2. The van der Waals surface area contributed by atoms with Crippen LogP contribution in [0.15, 0.2) is 10.5 Å². The number of pyridine rings is 1. The standard InChI is InChI=1S/C13H19BrN3O2/c1-8-12(17(2)19)7-11(14)13(15-8)16-9-3-5-10(18)6-4-9/h7,9-10,18H,3-6H2,1-2H3,(H,15,16)/q+1. The normalized spacial score (nSPS) is 23.2. The highest BCUT2D eigenvalue weighted by Crippen LogP contribution is 2.30. The SMILES string of the molecule is Cc1nc(NC2CCC(O)CC2)c(Br)cc1[N+](C)=O. The molecule has 1 aliphatic carbocycles. The van der Waals surface area contributed by atoms with Crippen molar-refractivity contribution in [3.8, 4) is 0 Å². The molecule has 2 N–H and O–H groups in total. The van der Waals surface area contributed by atoms with Gasteiger partial charge in [-0.2, -0.15) is 0 Å². The summed E-state index contributed by atoms with van der Waals surface area (Å²) >= 11 is 3.45. The minimum atomic E-state index is -0.160. The van der Waals surface area contributed by atoms with E-state index in [0.29, 0.717) is 17.4 Å². The number of anilines is 1. The summed E-state index contributed by atoms with van der Waals surface area (Å²) in [5.41, 5.74) is 1.27. The van der Waals surface area contributed by atoms with E-state index < -0.39 is 0 Å². The quantitative estimate of drug-likeness (QED) is 0.837. The van der Waals surface area contributed by atoms with Gasteiger partial charge in [-0.25, -0.2) is 4.98 Å². The van der Waals surface area contributed by atoms with Crippen molar-refractivity contribution in [3.05, 3.63) is 21.1 Å². The molecule has 1 aromatic rings. The van der Waals surface area contributed by atoms with E-state index in [9.17, 15) is 10.0 Å². The first kappa shape index (κ1) is 14.4. The Kier molecular flexibility index (Phi) is 4.52. The molecular formula is C13H19BrN3O2+. The van der Waals surface area contributed by atoms with Crippen LogP contribution in [-0.4, -0.2) is 34.0 Å². The summed E-state index contributed by atoms with van der Waals surface area (Å²) < 4.78 is 1.61. The lowest BCUT2D eigenvalue weighted by Crippen LogP contribution is -2.28. The Balaban J connectivity index is 2.13. The number of aliphatic hydroxyl groups is 1. The molecule has 0 atom stereocenters. The summed E-state index contributed by atoms with van der Waals surface area (Å²) in [5.74, 6) is 0.768. The van der Waals surface area contributed by atoms with Gasteiger partial charge in [-0.15, -0.1) is 0 Å². The van der Waals surface area contributed by atoms with Gasteiger partial charge in [0.15, 0.2) is 7.05 Å². The molecule has 6 heteroatoms. The molecule has 2 rings (SSSR count). The topological polar surface area (TPSA) is 65.2 Å². The minimum Gasteiger partial charge on any atom is -0.393 e. The Morgan fingerprint density at radius 3 is 2.63 bits per heavy atom. The van der Waals surface area contributed by atoms with Crippen LogP contribution in [0.3, 0.4) is 0 Å². The predicted octanol–water partition coefficient (Wildman–Crippen LogP) is 2.91. The lowest BCUT2D eigenvalue weighted by atomic mass is 9.93. The number of aromatic nitrogens is 1. The third-order valence-electron chi connectivity index (χ3n) is 3.52. The molecule has 1 aromatic heterocycles. The summed E-state index contributed by atoms with van der Waals surface area (Å²) in [4.78, 5) is 15.8. The van der Waals surface area contributed by atoms with Crippen LogP contribution in [0.25, 0.3) is 0 Å². The zero-order valence-electron chi connectivity index (χ0n) is 11.2. The lowest BCUT2D eigenvalue weighted by Gasteiger charge is -2.27. The number of nitrogens with one attached hydrogen (secondary N) is 1. The number of aryl methyl sites for hydroxylation is 1. The summed E-state index contributed by atoms with van der Waals surface area (Å²) in [6, 6.07) is 2.12. The second-order valence-corrected chi connectivity index (χ2v) is 5.92. The fourth-order valence-corrected chi connectivity index (χ4v) is 2.82. The Hall–Kier alpha value is -1.01. The maximum absolute atomic E-state index is 11.4. The Labute approximate surface area is 121 Å². The molecule has 1 fully saturated rings. The van der Waals surface area contributed by atoms with Crippen LogP contribution >= 0.6 is 15.9 Å². The van der Waals surface area contributed by atoms with Crippen LogP contribution in [0.4, 0.5) is 11.5 Å². The second kappa shape index (κ2) is 5.96. The van der Waals surface area contributed by atoms with Crippen molar-refractivity contribution in [2.75, 3.05) is 12.4 Å². The van der Waals surface area contributed by atoms with E-state index in [2.05, 4.69) is 26.2 Å². The molecule has 0 saturated heterocycles. The van der Waals surface area contributed by atoms with Gasteiger partial charge in [0.25, 0.3) is 5.69 Å². The van der Waals surface area contributed by atoms with Gasteiger partial charge in [0.05, 0.1) is 10.6 Å². The summed E-state index contributed by atoms with van der Waals surface area (Å²) in [6.45, 7) is 1.83. The van der Waals surface area contributed by atoms with Crippen molar-refractivity contribution in [3.63, 3.8) is 0 Å². The van der Waals surface area contributed by atoms with Crippen molar-refractivity contribution in [1.29, 1.82) is 0 Å². The molecule has 1 heterocycles. The van der Waals surface area contributed by atoms with Crippen molar-refractivity contribution in [2.24, 2.45) is 0 Å². The van der Waals surface area contributed by atoms with E-state index in [1.54, 1.807) is 6.07 Å². The van der Waals surface area contributed by atoms with Crippen LogP contribution in [0.2, 0.25) is 0 Å². The molecule has 1 saturated carbocycles. The largest absolute Gasteiger partial charge is 0.393 e. The fourth-order valence-electron chi connectivity index (χ4n) is 2.40. The van der Waals surface area contributed by atoms with Gasteiger partial charge in [-0.1, -0.05) is 0 Å². The molecule has 0 aromatic carbocycles. The molecule has 0 amide bonds. The predicted molar refractivity (Wildman–Crippen MR) is 77.8 cm³/mol. The van der Waals surface area contributed by atoms with E-state index in [1.165, 1.54) is 7.05 Å². The number of aliphatic hydroxyl groups excluding tert-OH is 1. The van der Waals surface area contributed by atoms with E-state index in [1.807, 2.05) is 6.92 Å². The van der Waals surface area contributed by atoms with Crippen LogP contribution in [0, 0.1) is 11.8 Å². The van der Waals surface area contributed by atoms with Gasteiger partial charge in [0.2, 0.25) is 0 Å². The van der Waals surface area contributed by atoms with Gasteiger partial charge < -0.3 is 10.4 Å². The third-order valence-corrected chi connectivity index (χ3v) is 4.12. The first-order valence-corrected chi connectivity index (χ1v) is 7.29. The van der Waals surface area contributed by atoms with Crippen molar-refractivity contribution >= 4 is 27.4 Å². The van der Waals surface area contributed by atoms with E-state index in [-0.39, 0.29) is 6.10 Å². The number of rotatable bonds is 3.